The summed E-state index contributed by atoms with van der Waals surface area (Å²) in [6.07, 6.45) is 0. The van der Waals surface area contributed by atoms with Crippen molar-refractivity contribution in [3.63, 3.8) is 0 Å². The van der Waals surface area contributed by atoms with E-state index in [9.17, 15) is 9.59 Å². The Hall–Kier alpha value is -3.38. The first-order valence-corrected chi connectivity index (χ1v) is 8.76. The monoisotopic (exact) mass is 395 g/mol. The first-order valence-electron chi connectivity index (χ1n) is 8.38. The number of benzene rings is 2. The normalized spacial score (nSPS) is 10.9. The molecule has 2 aromatic carbocycles. The fourth-order valence-corrected chi connectivity index (χ4v) is 3.01. The Bertz CT molecular complexity index is 1260. The average molecular weight is 396 g/mol. The number of fused-ring (bicyclic) bond motifs is 2. The molecule has 28 heavy (non-hydrogen) atoms. The predicted octanol–water partition coefficient (Wildman–Crippen LogP) is 4.36. The van der Waals surface area contributed by atoms with Gasteiger partial charge in [0.15, 0.2) is 5.43 Å². The van der Waals surface area contributed by atoms with Crippen LogP contribution in [0.2, 0.25) is 5.15 Å². The molecule has 0 N–H and O–H groups in total. The van der Waals surface area contributed by atoms with Crippen molar-refractivity contribution >= 4 is 39.4 Å². The number of ether oxygens (including phenoxy) is 2. The number of hydrogen-bond donors (Lipinski definition) is 0. The molecular weight excluding hydrogens is 382 g/mol. The predicted molar refractivity (Wildman–Crippen MR) is 105 cm³/mol. The van der Waals surface area contributed by atoms with Crippen molar-refractivity contribution in [1.82, 2.24) is 4.98 Å². The van der Waals surface area contributed by atoms with Crippen molar-refractivity contribution in [2.75, 3.05) is 7.11 Å². The molecule has 4 aromatic rings. The lowest BCUT2D eigenvalue weighted by Gasteiger charge is -2.08. The molecule has 0 bridgehead atoms. The SMILES string of the molecule is COc1ccc2cc(COC(=O)c3cc(=O)c4ccccc4o3)c(Cl)nc2c1. The number of para-hydroxylation sites is 1. The molecule has 0 unspecified atom stereocenters. The van der Waals surface area contributed by atoms with Crippen molar-refractivity contribution in [3.05, 3.63) is 81.3 Å². The van der Waals surface area contributed by atoms with E-state index in [4.69, 9.17) is 25.5 Å². The van der Waals surface area contributed by atoms with Crippen molar-refractivity contribution in [1.29, 1.82) is 0 Å². The zero-order chi connectivity index (χ0) is 19.7. The van der Waals surface area contributed by atoms with Crippen LogP contribution < -0.4 is 10.2 Å². The van der Waals surface area contributed by atoms with Gasteiger partial charge in [0.1, 0.15) is 23.1 Å². The molecule has 140 valence electrons. The number of methoxy groups -OCH3 is 1. The molecule has 0 saturated heterocycles. The number of rotatable bonds is 4. The standard InChI is InChI=1S/C21H14ClNO5/c1-26-14-7-6-12-8-13(20(22)23-16(12)9-14)11-27-21(25)19-10-17(24)15-4-2-3-5-18(15)28-19/h2-10H,11H2,1H3. The Morgan fingerprint density at radius 2 is 1.96 bits per heavy atom. The molecule has 0 atom stereocenters. The summed E-state index contributed by atoms with van der Waals surface area (Å²) in [5, 5.41) is 1.44. The Kier molecular flexibility index (Phi) is 4.71. The third-order valence-electron chi connectivity index (χ3n) is 4.25. The molecule has 0 radical (unpaired) electrons. The lowest BCUT2D eigenvalue weighted by molar-refractivity contribution is 0.0436. The Balaban J connectivity index is 1.58. The van der Waals surface area contributed by atoms with Crippen molar-refractivity contribution in [3.8, 4) is 5.75 Å². The molecule has 0 fully saturated rings. The van der Waals surface area contributed by atoms with Crippen LogP contribution in [0.25, 0.3) is 21.9 Å². The summed E-state index contributed by atoms with van der Waals surface area (Å²) in [6.45, 7) is -0.108. The molecule has 0 aliphatic carbocycles. The molecule has 0 aliphatic rings. The second kappa shape index (κ2) is 7.32. The van der Waals surface area contributed by atoms with E-state index in [1.54, 1.807) is 49.6 Å². The van der Waals surface area contributed by atoms with Gasteiger partial charge in [-0.25, -0.2) is 9.78 Å². The van der Waals surface area contributed by atoms with Crippen molar-refractivity contribution < 1.29 is 18.7 Å². The Morgan fingerprint density at radius 1 is 1.14 bits per heavy atom. The minimum atomic E-state index is -0.756. The van der Waals surface area contributed by atoms with Gasteiger partial charge in [0.25, 0.3) is 0 Å². The second-order valence-electron chi connectivity index (χ2n) is 6.04. The number of carbonyl (C=O) groups excluding carboxylic acids is 1. The maximum atomic E-state index is 12.3. The first kappa shape index (κ1) is 18.0. The van der Waals surface area contributed by atoms with Gasteiger partial charge in [-0.2, -0.15) is 0 Å². The Morgan fingerprint density at radius 3 is 2.79 bits per heavy atom. The van der Waals surface area contributed by atoms with E-state index in [0.29, 0.717) is 27.8 Å². The molecule has 2 heterocycles. The number of nitrogens with zero attached hydrogens (tertiary/aromatic N) is 1. The van der Waals surface area contributed by atoms with E-state index in [-0.39, 0.29) is 22.9 Å². The second-order valence-corrected chi connectivity index (χ2v) is 6.40. The summed E-state index contributed by atoms with van der Waals surface area (Å²) in [5.41, 5.74) is 1.21. The first-order chi connectivity index (χ1) is 13.5. The van der Waals surface area contributed by atoms with Gasteiger partial charge in [-0.05, 0) is 30.3 Å². The van der Waals surface area contributed by atoms with Gasteiger partial charge in [-0.3, -0.25) is 4.79 Å². The molecule has 0 amide bonds. The zero-order valence-corrected chi connectivity index (χ0v) is 15.5. The summed E-state index contributed by atoms with van der Waals surface area (Å²) < 4.78 is 15.9. The topological polar surface area (TPSA) is 78.6 Å². The fraction of sp³-hybridized carbons (Fsp3) is 0.0952. The van der Waals surface area contributed by atoms with Crippen LogP contribution in [0.1, 0.15) is 16.1 Å². The summed E-state index contributed by atoms with van der Waals surface area (Å²) in [7, 11) is 1.57. The molecule has 4 rings (SSSR count). The van der Waals surface area contributed by atoms with Crippen LogP contribution in [0, 0.1) is 0 Å². The van der Waals surface area contributed by atoms with Gasteiger partial charge < -0.3 is 13.9 Å². The molecule has 7 heteroatoms. The third-order valence-corrected chi connectivity index (χ3v) is 4.57. The quantitative estimate of drug-likeness (QED) is 0.377. The molecule has 6 nitrogen and oxygen atoms in total. The van der Waals surface area contributed by atoms with Crippen LogP contribution in [0.5, 0.6) is 5.75 Å². The van der Waals surface area contributed by atoms with Gasteiger partial charge in [0, 0.05) is 23.1 Å². The summed E-state index contributed by atoms with van der Waals surface area (Å²) in [6, 6.07) is 15.0. The highest BCUT2D eigenvalue weighted by Crippen LogP contribution is 2.25. The van der Waals surface area contributed by atoms with Crippen LogP contribution in [-0.2, 0) is 11.3 Å². The van der Waals surface area contributed by atoms with Gasteiger partial charge >= 0.3 is 5.97 Å². The smallest absolute Gasteiger partial charge is 0.374 e. The van der Waals surface area contributed by atoms with Crippen LogP contribution in [-0.4, -0.2) is 18.1 Å². The lowest BCUT2D eigenvalue weighted by atomic mass is 10.1. The number of esters is 1. The Labute approximate surface area is 164 Å². The minimum absolute atomic E-state index is 0.108. The number of halogens is 1. The van der Waals surface area contributed by atoms with Gasteiger partial charge in [-0.1, -0.05) is 23.7 Å². The summed E-state index contributed by atoms with van der Waals surface area (Å²) >= 11 is 6.21. The summed E-state index contributed by atoms with van der Waals surface area (Å²) in [4.78, 5) is 28.8. The van der Waals surface area contributed by atoms with E-state index in [1.165, 1.54) is 0 Å². The van der Waals surface area contributed by atoms with E-state index >= 15 is 0 Å². The minimum Gasteiger partial charge on any atom is -0.497 e. The van der Waals surface area contributed by atoms with Crippen LogP contribution in [0.15, 0.2) is 63.8 Å². The number of hydrogen-bond acceptors (Lipinski definition) is 6. The van der Waals surface area contributed by atoms with Crippen LogP contribution >= 0.6 is 11.6 Å². The lowest BCUT2D eigenvalue weighted by Crippen LogP contribution is -2.10. The average Bonchev–Trinajstić information content (AvgIpc) is 2.71. The van der Waals surface area contributed by atoms with Crippen molar-refractivity contribution in [2.45, 2.75) is 6.61 Å². The van der Waals surface area contributed by atoms with Crippen LogP contribution in [0.3, 0.4) is 0 Å². The van der Waals surface area contributed by atoms with Gasteiger partial charge in [-0.15, -0.1) is 0 Å². The largest absolute Gasteiger partial charge is 0.497 e. The number of carbonyl (C=O) groups is 1. The zero-order valence-electron chi connectivity index (χ0n) is 14.8. The molecular formula is C21H14ClNO5. The fourth-order valence-electron chi connectivity index (χ4n) is 2.81. The maximum Gasteiger partial charge on any atom is 0.374 e. The highest BCUT2D eigenvalue weighted by molar-refractivity contribution is 6.30. The van der Waals surface area contributed by atoms with E-state index < -0.39 is 5.97 Å². The van der Waals surface area contributed by atoms with Gasteiger partial charge in [0.2, 0.25) is 5.76 Å². The molecule has 2 aromatic heterocycles. The van der Waals surface area contributed by atoms with Gasteiger partial charge in [0.05, 0.1) is 18.0 Å². The van der Waals surface area contributed by atoms with E-state index in [0.717, 1.165) is 11.5 Å². The van der Waals surface area contributed by atoms with Crippen LogP contribution in [0.4, 0.5) is 0 Å². The molecule has 0 saturated carbocycles. The van der Waals surface area contributed by atoms with E-state index in [2.05, 4.69) is 4.98 Å². The number of pyridine rings is 1. The third kappa shape index (κ3) is 3.42. The highest BCUT2D eigenvalue weighted by Gasteiger charge is 2.15. The maximum absolute atomic E-state index is 12.3. The van der Waals surface area contributed by atoms with Crippen molar-refractivity contribution in [2.24, 2.45) is 0 Å². The number of aromatic nitrogens is 1. The molecule has 0 aliphatic heterocycles. The molecule has 0 spiro atoms. The highest BCUT2D eigenvalue weighted by atomic mass is 35.5. The van der Waals surface area contributed by atoms with E-state index in [1.807, 2.05) is 6.07 Å². The summed E-state index contributed by atoms with van der Waals surface area (Å²) in [5.74, 6) is -0.256.